The minimum absolute atomic E-state index is 0.00988. The quantitative estimate of drug-likeness (QED) is 0.290. The molecule has 1 aliphatic heterocycles. The maximum atomic E-state index is 14.2. The predicted molar refractivity (Wildman–Crippen MR) is 152 cm³/mol. The molecule has 1 aliphatic rings. The number of amides is 1. The highest BCUT2D eigenvalue weighted by molar-refractivity contribution is 6.31. The van der Waals surface area contributed by atoms with Gasteiger partial charge in [0, 0.05) is 31.6 Å². The van der Waals surface area contributed by atoms with Gasteiger partial charge >= 0.3 is 6.01 Å². The molecule has 0 spiro atoms. The van der Waals surface area contributed by atoms with E-state index in [-0.39, 0.29) is 28.5 Å². The summed E-state index contributed by atoms with van der Waals surface area (Å²) in [7, 11) is 6.20. The summed E-state index contributed by atoms with van der Waals surface area (Å²) in [5.41, 5.74) is 3.40. The molecule has 4 aromatic rings. The molecule has 0 aliphatic carbocycles. The topological polar surface area (TPSA) is 101 Å². The maximum absolute atomic E-state index is 14.2. The first-order valence-electron chi connectivity index (χ1n) is 12.3. The first-order chi connectivity index (χ1) is 19.2. The van der Waals surface area contributed by atoms with Gasteiger partial charge in [0.2, 0.25) is 5.88 Å². The third-order valence-corrected chi connectivity index (χ3v) is 7.39. The Labute approximate surface area is 240 Å². The second-order valence-electron chi connectivity index (χ2n) is 9.37. The van der Waals surface area contributed by atoms with Crippen molar-refractivity contribution in [1.29, 1.82) is 0 Å². The summed E-state index contributed by atoms with van der Waals surface area (Å²) in [6, 6.07) is 10.0. The zero-order valence-corrected chi connectivity index (χ0v) is 24.0. The van der Waals surface area contributed by atoms with Crippen molar-refractivity contribution in [2.24, 2.45) is 7.05 Å². The molecule has 1 aromatic carbocycles. The van der Waals surface area contributed by atoms with Gasteiger partial charge in [-0.2, -0.15) is 4.98 Å². The van der Waals surface area contributed by atoms with Gasteiger partial charge < -0.3 is 23.3 Å². The summed E-state index contributed by atoms with van der Waals surface area (Å²) in [6.45, 7) is 2.36. The number of aryl methyl sites for hydroxylation is 1. The molecular weight excluding hydrogens is 557 g/mol. The molecule has 1 unspecified atom stereocenters. The molecule has 1 amide bonds. The first kappa shape index (κ1) is 27.7. The number of anilines is 1. The van der Waals surface area contributed by atoms with Crippen LogP contribution in [0.3, 0.4) is 0 Å². The fraction of sp³-hybridized carbons (Fsp3) is 0.286. The molecule has 0 saturated carbocycles. The Morgan fingerprint density at radius 3 is 2.38 bits per heavy atom. The summed E-state index contributed by atoms with van der Waals surface area (Å²) in [5, 5.41) is 0.574. The van der Waals surface area contributed by atoms with Gasteiger partial charge in [-0.3, -0.25) is 14.5 Å². The standard InChI is InChI=1S/C28H27Cl2N5O5/c1-15(14-38-3)34-22(20-12-31-28(40-5)32-25(20)39-4)11-19-24(34)23(16-6-8-17(29)9-7-16)35(26(19)36)18-10-21(30)27(37)33(2)13-18/h6-13,15,23H,14H2,1-5H3/t15-,23?/m1/s1. The van der Waals surface area contributed by atoms with Crippen LogP contribution in [0.1, 0.15) is 40.6 Å². The lowest BCUT2D eigenvalue weighted by atomic mass is 10.0. The molecule has 208 valence electrons. The molecule has 12 heteroatoms. The minimum Gasteiger partial charge on any atom is -0.480 e. The maximum Gasteiger partial charge on any atom is 0.319 e. The number of methoxy groups -OCH3 is 3. The SMILES string of the molecule is COC[C@@H](C)n1c(-c2cnc(OC)nc2OC)cc2c1C(c1ccc(Cl)cc1)N(c1cc(Cl)c(=O)n(C)c1)C2=O. The van der Waals surface area contributed by atoms with Crippen molar-refractivity contribution in [3.8, 4) is 23.1 Å². The Balaban J connectivity index is 1.80. The van der Waals surface area contributed by atoms with E-state index >= 15 is 0 Å². The van der Waals surface area contributed by atoms with Crippen molar-refractivity contribution in [2.45, 2.75) is 19.0 Å². The van der Waals surface area contributed by atoms with Gasteiger partial charge in [0.1, 0.15) is 11.1 Å². The smallest absolute Gasteiger partial charge is 0.319 e. The highest BCUT2D eigenvalue weighted by Gasteiger charge is 2.44. The number of rotatable bonds is 8. The Bertz CT molecular complexity index is 1620. The largest absolute Gasteiger partial charge is 0.480 e. The Kier molecular flexibility index (Phi) is 7.59. The van der Waals surface area contributed by atoms with E-state index in [9.17, 15) is 9.59 Å². The molecule has 0 radical (unpaired) electrons. The lowest BCUT2D eigenvalue weighted by Crippen LogP contribution is -2.32. The molecule has 4 heterocycles. The number of hydrogen-bond donors (Lipinski definition) is 0. The van der Waals surface area contributed by atoms with Crippen molar-refractivity contribution < 1.29 is 19.0 Å². The van der Waals surface area contributed by atoms with Crippen molar-refractivity contribution in [1.82, 2.24) is 19.1 Å². The van der Waals surface area contributed by atoms with Crippen molar-refractivity contribution >= 4 is 34.8 Å². The van der Waals surface area contributed by atoms with E-state index in [0.29, 0.717) is 40.0 Å². The van der Waals surface area contributed by atoms with Gasteiger partial charge in [-0.05, 0) is 36.8 Å². The Morgan fingerprint density at radius 2 is 1.75 bits per heavy atom. The van der Waals surface area contributed by atoms with E-state index in [0.717, 1.165) is 11.3 Å². The number of halogens is 2. The van der Waals surface area contributed by atoms with Gasteiger partial charge in [-0.15, -0.1) is 0 Å². The van der Waals surface area contributed by atoms with Crippen LogP contribution in [0.15, 0.2) is 53.6 Å². The van der Waals surface area contributed by atoms with Crippen molar-refractivity contribution in [2.75, 3.05) is 32.8 Å². The summed E-state index contributed by atoms with van der Waals surface area (Å²) in [5.74, 6) is 0.0359. The van der Waals surface area contributed by atoms with Crippen LogP contribution < -0.4 is 19.9 Å². The van der Waals surface area contributed by atoms with Crippen molar-refractivity contribution in [3.05, 3.63) is 86.0 Å². The molecule has 40 heavy (non-hydrogen) atoms. The van der Waals surface area contributed by atoms with E-state index < -0.39 is 6.04 Å². The van der Waals surface area contributed by atoms with Crippen molar-refractivity contribution in [3.63, 3.8) is 0 Å². The average Bonchev–Trinajstić information content (AvgIpc) is 3.46. The minimum atomic E-state index is -0.577. The fourth-order valence-corrected chi connectivity index (χ4v) is 5.51. The third kappa shape index (κ3) is 4.61. The van der Waals surface area contributed by atoms with Gasteiger partial charge in [0.15, 0.2) is 0 Å². The molecule has 3 aromatic heterocycles. The van der Waals surface area contributed by atoms with Gasteiger partial charge in [-0.25, -0.2) is 4.98 Å². The lowest BCUT2D eigenvalue weighted by Gasteiger charge is -2.30. The van der Waals surface area contributed by atoms with E-state index in [1.165, 1.54) is 24.9 Å². The summed E-state index contributed by atoms with van der Waals surface area (Å²) in [6.07, 6.45) is 3.21. The fourth-order valence-electron chi connectivity index (χ4n) is 5.14. The normalized spacial score (nSPS) is 15.3. The average molecular weight is 584 g/mol. The second-order valence-corrected chi connectivity index (χ2v) is 10.2. The zero-order chi connectivity index (χ0) is 28.7. The van der Waals surface area contributed by atoms with Crippen LogP contribution in [0.5, 0.6) is 11.9 Å². The second kappa shape index (κ2) is 11.0. The van der Waals surface area contributed by atoms with Crippen LogP contribution in [0.25, 0.3) is 11.3 Å². The number of nitrogens with zero attached hydrogens (tertiary/aromatic N) is 5. The van der Waals surface area contributed by atoms with E-state index in [2.05, 4.69) is 9.97 Å². The number of fused-ring (bicyclic) bond motifs is 1. The van der Waals surface area contributed by atoms with Crippen LogP contribution in [0.4, 0.5) is 5.69 Å². The number of ether oxygens (including phenoxy) is 3. The number of benzene rings is 1. The van der Waals surface area contributed by atoms with Gasteiger partial charge in [0.05, 0.1) is 55.1 Å². The number of aromatic nitrogens is 4. The van der Waals surface area contributed by atoms with E-state index in [1.807, 2.05) is 29.7 Å². The van der Waals surface area contributed by atoms with Crippen LogP contribution in [0.2, 0.25) is 10.0 Å². The molecule has 0 bridgehead atoms. The highest BCUT2D eigenvalue weighted by Crippen LogP contribution is 2.47. The van der Waals surface area contributed by atoms with E-state index in [4.69, 9.17) is 37.4 Å². The molecule has 2 atom stereocenters. The number of hydrogen-bond acceptors (Lipinski definition) is 7. The predicted octanol–water partition coefficient (Wildman–Crippen LogP) is 4.93. The number of carbonyl (C=O) groups is 1. The molecule has 10 nitrogen and oxygen atoms in total. The molecule has 0 fully saturated rings. The Morgan fingerprint density at radius 1 is 1.02 bits per heavy atom. The first-order valence-corrected chi connectivity index (χ1v) is 13.1. The number of pyridine rings is 1. The Hall–Kier alpha value is -3.86. The molecular formula is C28H27Cl2N5O5. The third-order valence-electron chi connectivity index (χ3n) is 6.86. The van der Waals surface area contributed by atoms with Gasteiger partial charge in [0.25, 0.3) is 11.5 Å². The van der Waals surface area contributed by atoms with Crippen LogP contribution in [-0.2, 0) is 11.8 Å². The zero-order valence-electron chi connectivity index (χ0n) is 22.5. The summed E-state index contributed by atoms with van der Waals surface area (Å²) < 4.78 is 19.7. The monoisotopic (exact) mass is 583 g/mol. The molecule has 5 rings (SSSR count). The summed E-state index contributed by atoms with van der Waals surface area (Å²) in [4.78, 5) is 36.9. The van der Waals surface area contributed by atoms with E-state index in [1.54, 1.807) is 43.6 Å². The number of carbonyl (C=O) groups excluding carboxylic acids is 1. The molecule has 0 N–H and O–H groups in total. The highest BCUT2D eigenvalue weighted by atomic mass is 35.5. The lowest BCUT2D eigenvalue weighted by molar-refractivity contribution is 0.0993. The van der Waals surface area contributed by atoms with Crippen LogP contribution in [0, 0.1) is 0 Å². The van der Waals surface area contributed by atoms with Crippen LogP contribution in [-0.4, -0.2) is 52.9 Å². The molecule has 0 saturated heterocycles. The summed E-state index contributed by atoms with van der Waals surface area (Å²) >= 11 is 12.5. The van der Waals surface area contributed by atoms with Gasteiger partial charge in [-0.1, -0.05) is 35.3 Å². The van der Waals surface area contributed by atoms with Crippen LogP contribution >= 0.6 is 23.2 Å².